The number of nitrogens with zero attached hydrogens (tertiary/aromatic N) is 1. The number of benzene rings is 2. The second-order valence-electron chi connectivity index (χ2n) is 6.26. The fourth-order valence-corrected chi connectivity index (χ4v) is 2.82. The van der Waals surface area contributed by atoms with Crippen molar-refractivity contribution < 1.29 is 17.9 Å². The predicted molar refractivity (Wildman–Crippen MR) is 99.4 cm³/mol. The molecule has 140 valence electrons. The lowest BCUT2D eigenvalue weighted by Gasteiger charge is -2.19. The van der Waals surface area contributed by atoms with E-state index >= 15 is 0 Å². The molecule has 0 saturated heterocycles. The smallest absolute Gasteiger partial charge is 0.416 e. The topological polar surface area (TPSA) is 22.1 Å². The number of rotatable bonds is 6. The molecule has 0 N–H and O–H groups in total. The Morgan fingerprint density at radius 1 is 0.926 bits per heavy atom. The summed E-state index contributed by atoms with van der Waals surface area (Å²) < 4.78 is 44.1. The zero-order valence-electron chi connectivity index (χ0n) is 14.9. The molecule has 0 bridgehead atoms. The Hall–Kier alpha value is -2.82. The molecule has 2 nitrogen and oxygen atoms in total. The molecule has 0 amide bonds. The number of pyridine rings is 1. The average molecular weight is 371 g/mol. The highest BCUT2D eigenvalue weighted by Gasteiger charge is 2.30. The van der Waals surface area contributed by atoms with Gasteiger partial charge >= 0.3 is 6.18 Å². The molecule has 3 aromatic rings. The van der Waals surface area contributed by atoms with Crippen molar-refractivity contribution in [3.8, 4) is 17.0 Å². The maximum atomic E-state index is 12.7. The summed E-state index contributed by atoms with van der Waals surface area (Å²) in [6, 6.07) is 18.4. The number of halogens is 3. The third-order valence-corrected chi connectivity index (χ3v) is 4.24. The molecule has 1 atom stereocenters. The second-order valence-corrected chi connectivity index (χ2v) is 6.26. The molecule has 27 heavy (non-hydrogen) atoms. The van der Waals surface area contributed by atoms with Gasteiger partial charge in [0.15, 0.2) is 0 Å². The molecule has 1 heterocycles. The van der Waals surface area contributed by atoms with E-state index in [0.29, 0.717) is 11.3 Å². The van der Waals surface area contributed by atoms with Gasteiger partial charge in [0.25, 0.3) is 0 Å². The third kappa shape index (κ3) is 4.88. The molecule has 0 spiro atoms. The summed E-state index contributed by atoms with van der Waals surface area (Å²) >= 11 is 0. The molecule has 0 saturated carbocycles. The molecule has 0 aliphatic heterocycles. The quantitative estimate of drug-likeness (QED) is 0.482. The van der Waals surface area contributed by atoms with E-state index in [0.717, 1.165) is 36.3 Å². The Balaban J connectivity index is 1.78. The second kappa shape index (κ2) is 8.25. The largest absolute Gasteiger partial charge is 0.486 e. The van der Waals surface area contributed by atoms with E-state index in [1.807, 2.05) is 42.5 Å². The van der Waals surface area contributed by atoms with Crippen LogP contribution in [0.2, 0.25) is 0 Å². The van der Waals surface area contributed by atoms with Crippen molar-refractivity contribution in [3.05, 3.63) is 84.1 Å². The Labute approximate surface area is 156 Å². The molecule has 3 rings (SSSR count). The molecule has 1 aromatic heterocycles. The van der Waals surface area contributed by atoms with Crippen LogP contribution in [-0.4, -0.2) is 4.98 Å². The van der Waals surface area contributed by atoms with Crippen molar-refractivity contribution in [2.45, 2.75) is 32.0 Å². The maximum absolute atomic E-state index is 12.7. The van der Waals surface area contributed by atoms with Crippen LogP contribution < -0.4 is 4.74 Å². The minimum Gasteiger partial charge on any atom is -0.486 e. The van der Waals surface area contributed by atoms with Gasteiger partial charge in [0, 0.05) is 17.3 Å². The van der Waals surface area contributed by atoms with Gasteiger partial charge in [-0.2, -0.15) is 13.2 Å². The lowest BCUT2D eigenvalue weighted by molar-refractivity contribution is -0.137. The van der Waals surface area contributed by atoms with Crippen molar-refractivity contribution in [2.24, 2.45) is 0 Å². The van der Waals surface area contributed by atoms with Gasteiger partial charge in [0.05, 0.1) is 11.3 Å². The average Bonchev–Trinajstić information content (AvgIpc) is 2.68. The van der Waals surface area contributed by atoms with Gasteiger partial charge in [-0.15, -0.1) is 0 Å². The lowest BCUT2D eigenvalue weighted by Crippen LogP contribution is -2.08. The fraction of sp³-hybridized carbons (Fsp3) is 0.227. The third-order valence-electron chi connectivity index (χ3n) is 4.24. The molecule has 1 unspecified atom stereocenters. The minimum absolute atomic E-state index is 0.119. The van der Waals surface area contributed by atoms with Crippen LogP contribution in [0.25, 0.3) is 11.3 Å². The first-order chi connectivity index (χ1) is 13.0. The SMILES string of the molecule is CCCC(Oc1ccccc1)c1ccc(-c2ccc(C(F)(F)F)cc2)nc1. The summed E-state index contributed by atoms with van der Waals surface area (Å²) in [4.78, 5) is 4.42. The zero-order valence-corrected chi connectivity index (χ0v) is 14.9. The number of para-hydroxylation sites is 1. The predicted octanol–water partition coefficient (Wildman–Crippen LogP) is 6.69. The number of ether oxygens (including phenoxy) is 1. The molecule has 0 aliphatic rings. The Bertz CT molecular complexity index is 843. The van der Waals surface area contributed by atoms with Crippen LogP contribution in [0.5, 0.6) is 5.75 Å². The molecule has 0 aliphatic carbocycles. The van der Waals surface area contributed by atoms with Crippen LogP contribution >= 0.6 is 0 Å². The fourth-order valence-electron chi connectivity index (χ4n) is 2.82. The van der Waals surface area contributed by atoms with Crippen molar-refractivity contribution in [3.63, 3.8) is 0 Å². The maximum Gasteiger partial charge on any atom is 0.416 e. The van der Waals surface area contributed by atoms with E-state index in [9.17, 15) is 13.2 Å². The zero-order chi connectivity index (χ0) is 19.3. The molecule has 0 radical (unpaired) electrons. The van der Waals surface area contributed by atoms with Crippen LogP contribution in [-0.2, 0) is 6.18 Å². The Morgan fingerprint density at radius 2 is 1.63 bits per heavy atom. The van der Waals surface area contributed by atoms with Gasteiger partial charge in [0.1, 0.15) is 11.9 Å². The van der Waals surface area contributed by atoms with Gasteiger partial charge in [-0.1, -0.05) is 49.7 Å². The first kappa shape index (κ1) is 19.0. The molecular weight excluding hydrogens is 351 g/mol. The van der Waals surface area contributed by atoms with Gasteiger partial charge in [-0.25, -0.2) is 0 Å². The van der Waals surface area contributed by atoms with Crippen LogP contribution in [0.4, 0.5) is 13.2 Å². The lowest BCUT2D eigenvalue weighted by atomic mass is 10.0. The van der Waals surface area contributed by atoms with E-state index in [2.05, 4.69) is 11.9 Å². The van der Waals surface area contributed by atoms with Gasteiger partial charge in [0.2, 0.25) is 0 Å². The van der Waals surface area contributed by atoms with E-state index < -0.39 is 11.7 Å². The van der Waals surface area contributed by atoms with Crippen LogP contribution in [0.15, 0.2) is 72.9 Å². The first-order valence-corrected chi connectivity index (χ1v) is 8.82. The van der Waals surface area contributed by atoms with E-state index in [1.165, 1.54) is 12.1 Å². The Morgan fingerprint density at radius 3 is 2.19 bits per heavy atom. The molecule has 5 heteroatoms. The Kier molecular flexibility index (Phi) is 5.79. The van der Waals surface area contributed by atoms with Gasteiger partial charge in [-0.05, 0) is 36.8 Å². The van der Waals surface area contributed by atoms with Crippen molar-refractivity contribution in [2.75, 3.05) is 0 Å². The molecule has 2 aromatic carbocycles. The van der Waals surface area contributed by atoms with E-state index in [4.69, 9.17) is 4.74 Å². The highest BCUT2D eigenvalue weighted by atomic mass is 19.4. The molecule has 0 fully saturated rings. The van der Waals surface area contributed by atoms with E-state index in [1.54, 1.807) is 6.20 Å². The normalized spacial score (nSPS) is 12.6. The number of hydrogen-bond acceptors (Lipinski definition) is 2. The summed E-state index contributed by atoms with van der Waals surface area (Å²) in [7, 11) is 0. The summed E-state index contributed by atoms with van der Waals surface area (Å²) in [6.07, 6.45) is -0.922. The monoisotopic (exact) mass is 371 g/mol. The van der Waals surface area contributed by atoms with E-state index in [-0.39, 0.29) is 6.10 Å². The van der Waals surface area contributed by atoms with Crippen molar-refractivity contribution in [1.29, 1.82) is 0 Å². The van der Waals surface area contributed by atoms with Crippen LogP contribution in [0.3, 0.4) is 0 Å². The van der Waals surface area contributed by atoms with Crippen molar-refractivity contribution in [1.82, 2.24) is 4.98 Å². The van der Waals surface area contributed by atoms with Gasteiger partial charge in [-0.3, -0.25) is 4.98 Å². The first-order valence-electron chi connectivity index (χ1n) is 8.82. The highest BCUT2D eigenvalue weighted by Crippen LogP contribution is 2.31. The number of alkyl halides is 3. The molecular formula is C22H20F3NO. The number of aromatic nitrogens is 1. The summed E-state index contributed by atoms with van der Waals surface area (Å²) in [6.45, 7) is 2.09. The summed E-state index contributed by atoms with van der Waals surface area (Å²) in [5, 5.41) is 0. The van der Waals surface area contributed by atoms with Crippen molar-refractivity contribution >= 4 is 0 Å². The van der Waals surface area contributed by atoms with Crippen LogP contribution in [0.1, 0.15) is 37.0 Å². The summed E-state index contributed by atoms with van der Waals surface area (Å²) in [5.74, 6) is 0.794. The summed E-state index contributed by atoms with van der Waals surface area (Å²) in [5.41, 5.74) is 1.55. The standard InChI is InChI=1S/C22H20F3NO/c1-2-6-21(27-19-7-4-3-5-8-19)17-11-14-20(26-15-17)16-9-12-18(13-10-16)22(23,24)25/h3-5,7-15,21H,2,6H2,1H3. The minimum atomic E-state index is -4.34. The highest BCUT2D eigenvalue weighted by molar-refractivity contribution is 5.59. The number of hydrogen-bond donors (Lipinski definition) is 0. The van der Waals surface area contributed by atoms with Gasteiger partial charge < -0.3 is 4.74 Å². The van der Waals surface area contributed by atoms with Crippen LogP contribution in [0, 0.1) is 0 Å².